The Morgan fingerprint density at radius 2 is 2.08 bits per heavy atom. The van der Waals surface area contributed by atoms with Gasteiger partial charge < -0.3 is 20.9 Å². The Balaban J connectivity index is 1.89. The summed E-state index contributed by atoms with van der Waals surface area (Å²) in [6.07, 6.45) is 5.38. The number of nitrogens with two attached hydrogens (primary N) is 1. The number of piperazine rings is 1. The lowest BCUT2D eigenvalue weighted by Crippen LogP contribution is -2.52. The molecular formula is C17H21N9. The van der Waals surface area contributed by atoms with Gasteiger partial charge in [-0.25, -0.2) is 4.98 Å². The Hall–Kier alpha value is -3.41. The molecule has 0 saturated carbocycles. The molecule has 0 aromatic carbocycles. The molecular weight excluding hydrogens is 330 g/mol. The molecule has 26 heavy (non-hydrogen) atoms. The summed E-state index contributed by atoms with van der Waals surface area (Å²) < 4.78 is 0. The molecule has 134 valence electrons. The molecule has 1 saturated heterocycles. The van der Waals surface area contributed by atoms with Crippen molar-refractivity contribution in [1.29, 1.82) is 5.26 Å². The van der Waals surface area contributed by atoms with Crippen LogP contribution in [-0.2, 0) is 0 Å². The summed E-state index contributed by atoms with van der Waals surface area (Å²) in [7, 11) is 1.76. The van der Waals surface area contributed by atoms with Crippen LogP contribution < -0.4 is 16.0 Å². The minimum Gasteiger partial charge on any atom is -0.368 e. The monoisotopic (exact) mass is 351 g/mol. The van der Waals surface area contributed by atoms with Gasteiger partial charge in [0.2, 0.25) is 18.1 Å². The molecule has 1 fully saturated rings. The predicted octanol–water partition coefficient (Wildman–Crippen LogP) is 0.608. The van der Waals surface area contributed by atoms with E-state index in [1.54, 1.807) is 19.4 Å². The topological polar surface area (TPSA) is 119 Å². The summed E-state index contributed by atoms with van der Waals surface area (Å²) in [6.45, 7) is 4.83. The first-order chi connectivity index (χ1) is 12.6. The quantitative estimate of drug-likeness (QED) is 0.459. The van der Waals surface area contributed by atoms with Crippen molar-refractivity contribution in [2.75, 3.05) is 43.9 Å². The van der Waals surface area contributed by atoms with E-state index in [4.69, 9.17) is 11.0 Å². The standard InChI is InChI=1S/C17H21N9/c1-12-14(13-4-3-5-21-10-13)15(24-16(19)23-12)25-6-8-26(9-7-25)17(20-2)22-11-18/h3-5,10H,6-9H2,1-2H3,(H,20,22)(H2,19,23,24). The normalized spacial score (nSPS) is 14.9. The van der Waals surface area contributed by atoms with E-state index in [0.29, 0.717) is 5.96 Å². The molecule has 9 nitrogen and oxygen atoms in total. The first-order valence-corrected chi connectivity index (χ1v) is 8.33. The molecule has 3 N–H and O–H groups in total. The van der Waals surface area contributed by atoms with Crippen LogP contribution in [0.5, 0.6) is 0 Å². The second-order valence-electron chi connectivity index (χ2n) is 5.87. The second kappa shape index (κ2) is 7.65. The highest BCUT2D eigenvalue weighted by molar-refractivity contribution is 5.81. The smallest absolute Gasteiger partial charge is 0.222 e. The van der Waals surface area contributed by atoms with Crippen LogP contribution in [0.1, 0.15) is 5.69 Å². The number of aliphatic imine (C=N–C) groups is 1. The van der Waals surface area contributed by atoms with Crippen LogP contribution in [0, 0.1) is 18.4 Å². The van der Waals surface area contributed by atoms with Gasteiger partial charge in [0.15, 0.2) is 0 Å². The Labute approximate surface area is 152 Å². The molecule has 0 radical (unpaired) electrons. The third kappa shape index (κ3) is 3.49. The molecule has 2 aromatic rings. The van der Waals surface area contributed by atoms with Crippen molar-refractivity contribution < 1.29 is 0 Å². The fourth-order valence-corrected chi connectivity index (χ4v) is 3.12. The molecule has 0 unspecified atom stereocenters. The third-order valence-corrected chi connectivity index (χ3v) is 4.30. The van der Waals surface area contributed by atoms with Crippen molar-refractivity contribution >= 4 is 17.7 Å². The summed E-state index contributed by atoms with van der Waals surface area (Å²) in [5.74, 6) is 1.65. The van der Waals surface area contributed by atoms with E-state index in [1.165, 1.54) is 0 Å². The molecule has 1 aliphatic rings. The van der Waals surface area contributed by atoms with E-state index in [-0.39, 0.29) is 5.95 Å². The lowest BCUT2D eigenvalue weighted by Gasteiger charge is -2.37. The molecule has 3 heterocycles. The van der Waals surface area contributed by atoms with Gasteiger partial charge in [-0.1, -0.05) is 6.07 Å². The number of hydrogen-bond acceptors (Lipinski definition) is 7. The van der Waals surface area contributed by atoms with Crippen molar-refractivity contribution in [1.82, 2.24) is 25.2 Å². The van der Waals surface area contributed by atoms with Gasteiger partial charge in [0.1, 0.15) is 5.82 Å². The fourth-order valence-electron chi connectivity index (χ4n) is 3.12. The minimum absolute atomic E-state index is 0.259. The number of guanidine groups is 1. The van der Waals surface area contributed by atoms with E-state index in [0.717, 1.165) is 48.8 Å². The molecule has 3 rings (SSSR count). The summed E-state index contributed by atoms with van der Waals surface area (Å²) in [5.41, 5.74) is 8.64. The van der Waals surface area contributed by atoms with E-state index < -0.39 is 0 Å². The number of nitrogen functional groups attached to an aromatic ring is 1. The van der Waals surface area contributed by atoms with Crippen molar-refractivity contribution in [2.24, 2.45) is 4.99 Å². The van der Waals surface area contributed by atoms with Gasteiger partial charge >= 0.3 is 0 Å². The highest BCUT2D eigenvalue weighted by Gasteiger charge is 2.24. The molecule has 0 aliphatic carbocycles. The zero-order valence-corrected chi connectivity index (χ0v) is 14.8. The average molecular weight is 351 g/mol. The molecule has 0 bridgehead atoms. The zero-order valence-electron chi connectivity index (χ0n) is 14.8. The van der Waals surface area contributed by atoms with Gasteiger partial charge in [-0.3, -0.25) is 4.98 Å². The number of aryl methyl sites for hydroxylation is 1. The van der Waals surface area contributed by atoms with Crippen LogP contribution >= 0.6 is 0 Å². The summed E-state index contributed by atoms with van der Waals surface area (Å²) >= 11 is 0. The van der Waals surface area contributed by atoms with Crippen LogP contribution in [0.3, 0.4) is 0 Å². The van der Waals surface area contributed by atoms with Crippen LogP contribution in [0.15, 0.2) is 29.5 Å². The van der Waals surface area contributed by atoms with E-state index in [9.17, 15) is 0 Å². The second-order valence-corrected chi connectivity index (χ2v) is 5.87. The van der Waals surface area contributed by atoms with E-state index in [2.05, 4.69) is 30.2 Å². The number of nitrogens with one attached hydrogen (secondary N) is 1. The number of aromatic nitrogens is 3. The maximum Gasteiger partial charge on any atom is 0.222 e. The lowest BCUT2D eigenvalue weighted by molar-refractivity contribution is 0.375. The van der Waals surface area contributed by atoms with E-state index in [1.807, 2.05) is 30.1 Å². The number of pyridine rings is 1. The molecule has 1 aliphatic heterocycles. The Bertz CT molecular complexity index is 833. The van der Waals surface area contributed by atoms with Crippen molar-refractivity contribution in [3.8, 4) is 17.3 Å². The van der Waals surface area contributed by atoms with Gasteiger partial charge in [0.25, 0.3) is 0 Å². The molecule has 9 heteroatoms. The predicted molar refractivity (Wildman–Crippen MR) is 100 cm³/mol. The Morgan fingerprint density at radius 3 is 2.69 bits per heavy atom. The number of nitriles is 1. The highest BCUT2D eigenvalue weighted by atomic mass is 15.4. The van der Waals surface area contributed by atoms with Crippen LogP contribution in [0.25, 0.3) is 11.1 Å². The summed E-state index contributed by atoms with van der Waals surface area (Å²) in [6, 6.07) is 3.89. The number of anilines is 2. The number of nitrogens with zero attached hydrogens (tertiary/aromatic N) is 7. The third-order valence-electron chi connectivity index (χ3n) is 4.30. The summed E-state index contributed by atoms with van der Waals surface area (Å²) in [5, 5.41) is 11.8. The number of rotatable bonds is 2. The molecule has 2 aromatic heterocycles. The van der Waals surface area contributed by atoms with Crippen LogP contribution in [0.2, 0.25) is 0 Å². The molecule has 0 spiro atoms. The molecule has 0 amide bonds. The summed E-state index contributed by atoms with van der Waals surface area (Å²) in [4.78, 5) is 21.1. The largest absolute Gasteiger partial charge is 0.368 e. The van der Waals surface area contributed by atoms with E-state index >= 15 is 0 Å². The molecule has 0 atom stereocenters. The van der Waals surface area contributed by atoms with Gasteiger partial charge in [-0.05, 0) is 13.0 Å². The number of hydrogen-bond donors (Lipinski definition) is 2. The SMILES string of the molecule is CN/C(=N\C#N)N1CCN(c2nc(N)nc(C)c2-c2cccnc2)CC1. The first-order valence-electron chi connectivity index (χ1n) is 8.33. The highest BCUT2D eigenvalue weighted by Crippen LogP contribution is 2.32. The maximum absolute atomic E-state index is 8.80. The maximum atomic E-state index is 8.80. The van der Waals surface area contributed by atoms with Crippen LogP contribution in [-0.4, -0.2) is 59.0 Å². The average Bonchev–Trinajstić information content (AvgIpc) is 2.66. The fraction of sp³-hybridized carbons (Fsp3) is 0.353. The minimum atomic E-state index is 0.259. The van der Waals surface area contributed by atoms with Gasteiger partial charge in [0, 0.05) is 56.7 Å². The van der Waals surface area contributed by atoms with Gasteiger partial charge in [-0.2, -0.15) is 10.2 Å². The van der Waals surface area contributed by atoms with Crippen molar-refractivity contribution in [3.05, 3.63) is 30.2 Å². The zero-order chi connectivity index (χ0) is 18.5. The lowest BCUT2D eigenvalue weighted by atomic mass is 10.1. The van der Waals surface area contributed by atoms with Crippen LogP contribution in [0.4, 0.5) is 11.8 Å². The first kappa shape index (κ1) is 17.4. The Morgan fingerprint density at radius 1 is 1.31 bits per heavy atom. The van der Waals surface area contributed by atoms with Crippen molar-refractivity contribution in [2.45, 2.75) is 6.92 Å². The van der Waals surface area contributed by atoms with Crippen molar-refractivity contribution in [3.63, 3.8) is 0 Å². The van der Waals surface area contributed by atoms with Gasteiger partial charge in [0.05, 0.1) is 5.69 Å². The van der Waals surface area contributed by atoms with Gasteiger partial charge in [-0.15, -0.1) is 4.99 Å². The Kier molecular flexibility index (Phi) is 5.12.